The highest BCUT2D eigenvalue weighted by Crippen LogP contribution is 2.19. The van der Waals surface area contributed by atoms with Gasteiger partial charge in [-0.2, -0.15) is 5.10 Å². The van der Waals surface area contributed by atoms with Gasteiger partial charge >= 0.3 is 0 Å². The van der Waals surface area contributed by atoms with Gasteiger partial charge in [0.1, 0.15) is 11.4 Å². The molecule has 1 saturated heterocycles. The first-order valence-electron chi connectivity index (χ1n) is 9.86. The van der Waals surface area contributed by atoms with Gasteiger partial charge in [-0.1, -0.05) is 13.8 Å². The molecule has 3 aromatic heterocycles. The molecule has 4 heterocycles. The van der Waals surface area contributed by atoms with Crippen LogP contribution in [0.15, 0.2) is 41.1 Å². The van der Waals surface area contributed by atoms with Crippen molar-refractivity contribution in [2.24, 2.45) is 5.92 Å². The lowest BCUT2D eigenvalue weighted by Gasteiger charge is -2.34. The molecular weight excluding hydrogens is 370 g/mol. The van der Waals surface area contributed by atoms with Crippen molar-refractivity contribution in [3.8, 4) is 11.5 Å². The van der Waals surface area contributed by atoms with Crippen molar-refractivity contribution in [2.45, 2.75) is 20.3 Å². The van der Waals surface area contributed by atoms with Gasteiger partial charge in [-0.25, -0.2) is 0 Å². The fourth-order valence-corrected chi connectivity index (χ4v) is 3.59. The topological polar surface area (TPSA) is 98.2 Å². The third kappa shape index (κ3) is 4.11. The molecular formula is C21H25N5O3. The average molecular weight is 395 g/mol. The zero-order valence-electron chi connectivity index (χ0n) is 16.6. The average Bonchev–Trinajstić information content (AvgIpc) is 3.47. The highest BCUT2D eigenvalue weighted by Gasteiger charge is 2.27. The van der Waals surface area contributed by atoms with E-state index >= 15 is 0 Å². The van der Waals surface area contributed by atoms with Crippen LogP contribution in [0.25, 0.3) is 11.5 Å². The Morgan fingerprint density at radius 1 is 1.14 bits per heavy atom. The first-order valence-corrected chi connectivity index (χ1v) is 9.86. The zero-order chi connectivity index (χ0) is 20.4. The van der Waals surface area contributed by atoms with Gasteiger partial charge in [0, 0.05) is 38.4 Å². The van der Waals surface area contributed by atoms with Crippen LogP contribution in [0.3, 0.4) is 0 Å². The molecule has 1 fully saturated rings. The number of amides is 2. The number of aromatic nitrogens is 3. The highest BCUT2D eigenvalue weighted by atomic mass is 16.3. The molecule has 0 atom stereocenters. The molecule has 29 heavy (non-hydrogen) atoms. The van der Waals surface area contributed by atoms with Crippen LogP contribution in [0.1, 0.15) is 40.4 Å². The number of nitrogens with zero attached hydrogens (tertiary/aromatic N) is 3. The Balaban J connectivity index is 1.35. The molecule has 152 valence electrons. The standard InChI is InChI=1S/C21H25N5O3/c1-14(2)10-15-11-17(22-13-15)20(27)25-5-7-26(8-6-25)21(28)18-12-16(23-24-18)19-4-3-9-29-19/h3-4,9,11-14,22H,5-8,10H2,1-2H3,(H,23,24). The first-order chi connectivity index (χ1) is 14.0. The second-order valence-corrected chi connectivity index (χ2v) is 7.75. The molecule has 0 radical (unpaired) electrons. The minimum Gasteiger partial charge on any atom is -0.463 e. The summed E-state index contributed by atoms with van der Waals surface area (Å²) in [6.45, 7) is 6.26. The van der Waals surface area contributed by atoms with E-state index < -0.39 is 0 Å². The largest absolute Gasteiger partial charge is 0.463 e. The number of hydrogen-bond donors (Lipinski definition) is 2. The number of furan rings is 1. The van der Waals surface area contributed by atoms with Crippen molar-refractivity contribution in [2.75, 3.05) is 26.2 Å². The highest BCUT2D eigenvalue weighted by molar-refractivity contribution is 5.94. The first kappa shape index (κ1) is 19.0. The van der Waals surface area contributed by atoms with E-state index in [2.05, 4.69) is 29.0 Å². The number of nitrogens with one attached hydrogen (secondary N) is 2. The number of rotatable bonds is 5. The Morgan fingerprint density at radius 3 is 2.52 bits per heavy atom. The van der Waals surface area contributed by atoms with E-state index in [1.54, 1.807) is 34.3 Å². The molecule has 1 aliphatic heterocycles. The summed E-state index contributed by atoms with van der Waals surface area (Å²) in [4.78, 5) is 32.1. The molecule has 8 nitrogen and oxygen atoms in total. The Hall–Kier alpha value is -3.29. The Bertz CT molecular complexity index is 978. The molecule has 0 bridgehead atoms. The summed E-state index contributed by atoms with van der Waals surface area (Å²) in [5.41, 5.74) is 2.76. The van der Waals surface area contributed by atoms with Crippen molar-refractivity contribution in [3.63, 3.8) is 0 Å². The van der Waals surface area contributed by atoms with Crippen LogP contribution in [0.2, 0.25) is 0 Å². The molecule has 0 saturated carbocycles. The van der Waals surface area contributed by atoms with Crippen molar-refractivity contribution in [1.29, 1.82) is 0 Å². The van der Waals surface area contributed by atoms with Gasteiger partial charge in [-0.15, -0.1) is 0 Å². The number of aromatic amines is 2. The predicted octanol–water partition coefficient (Wildman–Crippen LogP) is 2.79. The minimum absolute atomic E-state index is 0.0213. The second kappa shape index (κ2) is 7.98. The molecule has 1 aliphatic rings. The Kier molecular flexibility index (Phi) is 5.24. The summed E-state index contributed by atoms with van der Waals surface area (Å²) in [5.74, 6) is 1.01. The predicted molar refractivity (Wildman–Crippen MR) is 107 cm³/mol. The summed E-state index contributed by atoms with van der Waals surface area (Å²) in [6, 6.07) is 7.21. The van der Waals surface area contributed by atoms with E-state index in [4.69, 9.17) is 4.42 Å². The number of carbonyl (C=O) groups excluding carboxylic acids is 2. The van der Waals surface area contributed by atoms with Crippen molar-refractivity contribution in [3.05, 3.63) is 53.7 Å². The third-order valence-electron chi connectivity index (χ3n) is 5.05. The maximum Gasteiger partial charge on any atom is 0.274 e. The van der Waals surface area contributed by atoms with Gasteiger partial charge in [0.05, 0.1) is 6.26 Å². The van der Waals surface area contributed by atoms with E-state index in [1.165, 1.54) is 0 Å². The van der Waals surface area contributed by atoms with Crippen molar-refractivity contribution >= 4 is 11.8 Å². The van der Waals surface area contributed by atoms with E-state index in [-0.39, 0.29) is 11.8 Å². The quantitative estimate of drug-likeness (QED) is 0.694. The Labute approximate surface area is 168 Å². The van der Waals surface area contributed by atoms with Gasteiger partial charge in [-0.05, 0) is 36.1 Å². The third-order valence-corrected chi connectivity index (χ3v) is 5.05. The van der Waals surface area contributed by atoms with Gasteiger partial charge in [0.2, 0.25) is 0 Å². The van der Waals surface area contributed by atoms with Crippen LogP contribution in [0.5, 0.6) is 0 Å². The molecule has 2 amide bonds. The number of carbonyl (C=O) groups is 2. The van der Waals surface area contributed by atoms with E-state index in [0.29, 0.717) is 54.9 Å². The second-order valence-electron chi connectivity index (χ2n) is 7.75. The zero-order valence-corrected chi connectivity index (χ0v) is 16.6. The monoisotopic (exact) mass is 395 g/mol. The number of piperazine rings is 1. The Morgan fingerprint density at radius 2 is 1.86 bits per heavy atom. The fourth-order valence-electron chi connectivity index (χ4n) is 3.59. The molecule has 8 heteroatoms. The molecule has 0 aliphatic carbocycles. The van der Waals surface area contributed by atoms with Gasteiger partial charge in [0.25, 0.3) is 11.8 Å². The van der Waals surface area contributed by atoms with Crippen LogP contribution in [0.4, 0.5) is 0 Å². The smallest absolute Gasteiger partial charge is 0.274 e. The summed E-state index contributed by atoms with van der Waals surface area (Å²) < 4.78 is 5.32. The van der Waals surface area contributed by atoms with Crippen LogP contribution in [0, 0.1) is 5.92 Å². The SMILES string of the molecule is CC(C)Cc1c[nH]c(C(=O)N2CCN(C(=O)c3cc(-c4ccco4)[nH]n3)CC2)c1. The summed E-state index contributed by atoms with van der Waals surface area (Å²) in [7, 11) is 0. The van der Waals surface area contributed by atoms with Crippen molar-refractivity contribution < 1.29 is 14.0 Å². The van der Waals surface area contributed by atoms with Crippen LogP contribution in [-0.4, -0.2) is 63.0 Å². The lowest BCUT2D eigenvalue weighted by molar-refractivity contribution is 0.0529. The molecule has 0 unspecified atom stereocenters. The van der Waals surface area contributed by atoms with Crippen LogP contribution < -0.4 is 0 Å². The molecule has 3 aromatic rings. The van der Waals surface area contributed by atoms with Gasteiger partial charge in [-0.3, -0.25) is 14.7 Å². The lowest BCUT2D eigenvalue weighted by Crippen LogP contribution is -2.50. The fraction of sp³-hybridized carbons (Fsp3) is 0.381. The molecule has 2 N–H and O–H groups in total. The normalized spacial score (nSPS) is 14.6. The molecule has 0 spiro atoms. The lowest BCUT2D eigenvalue weighted by atomic mass is 10.1. The maximum atomic E-state index is 12.7. The molecule has 4 rings (SSSR count). The van der Waals surface area contributed by atoms with Gasteiger partial charge < -0.3 is 19.2 Å². The number of H-pyrrole nitrogens is 2. The van der Waals surface area contributed by atoms with Crippen LogP contribution in [-0.2, 0) is 6.42 Å². The van der Waals surface area contributed by atoms with E-state index in [0.717, 1.165) is 12.0 Å². The summed E-state index contributed by atoms with van der Waals surface area (Å²) in [6.07, 6.45) is 4.42. The summed E-state index contributed by atoms with van der Waals surface area (Å²) >= 11 is 0. The van der Waals surface area contributed by atoms with E-state index in [1.807, 2.05) is 12.3 Å². The number of hydrogen-bond acceptors (Lipinski definition) is 4. The molecule has 0 aromatic carbocycles. The minimum atomic E-state index is -0.148. The van der Waals surface area contributed by atoms with Crippen molar-refractivity contribution in [1.82, 2.24) is 25.0 Å². The summed E-state index contributed by atoms with van der Waals surface area (Å²) in [5, 5.41) is 6.95. The maximum absolute atomic E-state index is 12.7. The van der Waals surface area contributed by atoms with Gasteiger partial charge in [0.15, 0.2) is 11.5 Å². The van der Waals surface area contributed by atoms with Crippen LogP contribution >= 0.6 is 0 Å². The van der Waals surface area contributed by atoms with E-state index in [9.17, 15) is 9.59 Å².